The van der Waals surface area contributed by atoms with E-state index in [2.05, 4.69) is 30.7 Å². The van der Waals surface area contributed by atoms with Crippen molar-refractivity contribution in [1.29, 1.82) is 0 Å². The molecule has 3 unspecified atom stereocenters. The Balaban J connectivity index is 1.57. The fourth-order valence-corrected chi connectivity index (χ4v) is 4.54. The van der Waals surface area contributed by atoms with Gasteiger partial charge in [-0.1, -0.05) is 39.0 Å². The molecule has 0 radical (unpaired) electrons. The highest BCUT2D eigenvalue weighted by Crippen LogP contribution is 2.35. The van der Waals surface area contributed by atoms with E-state index in [4.69, 9.17) is 9.47 Å². The molecule has 1 aromatic carbocycles. The molecule has 1 aliphatic carbocycles. The fourth-order valence-electron chi connectivity index (χ4n) is 3.87. The number of aromatic nitrogens is 2. The predicted octanol–water partition coefficient (Wildman–Crippen LogP) is 5.06. The van der Waals surface area contributed by atoms with Gasteiger partial charge in [-0.15, -0.1) is 0 Å². The molecule has 0 amide bonds. The maximum Gasteiger partial charge on any atom is 0.316 e. The average molecular weight is 391 g/mol. The van der Waals surface area contributed by atoms with Crippen molar-refractivity contribution in [3.63, 3.8) is 0 Å². The zero-order valence-electron chi connectivity index (χ0n) is 16.7. The van der Waals surface area contributed by atoms with E-state index in [0.29, 0.717) is 24.4 Å². The first-order chi connectivity index (χ1) is 13.0. The van der Waals surface area contributed by atoms with E-state index in [1.807, 2.05) is 25.1 Å². The summed E-state index contributed by atoms with van der Waals surface area (Å²) in [6.45, 7) is 9.28. The van der Waals surface area contributed by atoms with Crippen molar-refractivity contribution >= 4 is 28.8 Å². The standard InChI is InChI=1S/C21H30N2O3S/c1-5-25-15-7-9-17-18(11-15)23-21(22-17)27-12-20(24)26-19-10-14(4)6-8-16(19)13(2)3/h7,9,11,13-14,16,19H,5-6,8,10,12H2,1-4H3,(H,22,23). The number of rotatable bonds is 7. The number of H-pyrrole nitrogens is 1. The number of nitrogens with zero attached hydrogens (tertiary/aromatic N) is 1. The van der Waals surface area contributed by atoms with Gasteiger partial charge in [-0.2, -0.15) is 0 Å². The summed E-state index contributed by atoms with van der Waals surface area (Å²) in [6.07, 6.45) is 3.40. The normalized spacial score (nSPS) is 22.9. The number of imidazole rings is 1. The molecule has 1 aliphatic rings. The third-order valence-corrected chi connectivity index (χ3v) is 6.16. The second kappa shape index (κ2) is 9.00. The minimum Gasteiger partial charge on any atom is -0.494 e. The summed E-state index contributed by atoms with van der Waals surface area (Å²) in [6, 6.07) is 5.77. The SMILES string of the molecule is CCOc1ccc2nc(SCC(=O)OC3CC(C)CCC3C(C)C)[nH]c2c1. The van der Waals surface area contributed by atoms with Crippen molar-refractivity contribution in [1.82, 2.24) is 9.97 Å². The van der Waals surface area contributed by atoms with Gasteiger partial charge >= 0.3 is 5.97 Å². The molecule has 0 aliphatic heterocycles. The number of fused-ring (bicyclic) bond motifs is 1. The maximum absolute atomic E-state index is 12.4. The monoisotopic (exact) mass is 390 g/mol. The lowest BCUT2D eigenvalue weighted by Crippen LogP contribution is -2.36. The minimum absolute atomic E-state index is 0.0475. The first-order valence-corrected chi connectivity index (χ1v) is 10.9. The lowest BCUT2D eigenvalue weighted by atomic mass is 9.75. The van der Waals surface area contributed by atoms with Crippen LogP contribution in [0.5, 0.6) is 5.75 Å². The number of carbonyl (C=O) groups excluding carboxylic acids is 1. The first kappa shape index (κ1) is 20.1. The van der Waals surface area contributed by atoms with E-state index < -0.39 is 0 Å². The van der Waals surface area contributed by atoms with Crippen LogP contribution in [0.15, 0.2) is 23.4 Å². The van der Waals surface area contributed by atoms with Crippen LogP contribution in [-0.4, -0.2) is 34.4 Å². The number of aromatic amines is 1. The number of esters is 1. The van der Waals surface area contributed by atoms with Crippen molar-refractivity contribution in [3.8, 4) is 5.75 Å². The van der Waals surface area contributed by atoms with Crippen LogP contribution >= 0.6 is 11.8 Å². The van der Waals surface area contributed by atoms with Gasteiger partial charge in [0.15, 0.2) is 5.16 Å². The molecule has 1 heterocycles. The summed E-state index contributed by atoms with van der Waals surface area (Å²) in [5.41, 5.74) is 1.79. The number of hydrogen-bond acceptors (Lipinski definition) is 5. The Morgan fingerprint density at radius 1 is 1.37 bits per heavy atom. The Labute approximate surface area is 165 Å². The van der Waals surface area contributed by atoms with Crippen molar-refractivity contribution in [2.24, 2.45) is 17.8 Å². The Hall–Kier alpha value is -1.69. The Morgan fingerprint density at radius 3 is 2.93 bits per heavy atom. The third kappa shape index (κ3) is 5.18. The molecule has 1 aromatic heterocycles. The van der Waals surface area contributed by atoms with Crippen LogP contribution in [0.3, 0.4) is 0 Å². The molecule has 3 atom stereocenters. The summed E-state index contributed by atoms with van der Waals surface area (Å²) < 4.78 is 11.4. The molecule has 1 N–H and O–H groups in total. The zero-order valence-corrected chi connectivity index (χ0v) is 17.5. The van der Waals surface area contributed by atoms with Gasteiger partial charge in [-0.25, -0.2) is 4.98 Å². The summed E-state index contributed by atoms with van der Waals surface area (Å²) in [7, 11) is 0. The molecule has 1 saturated carbocycles. The summed E-state index contributed by atoms with van der Waals surface area (Å²) in [5, 5.41) is 0.730. The molecule has 0 bridgehead atoms. The van der Waals surface area contributed by atoms with Crippen LogP contribution in [0.25, 0.3) is 11.0 Å². The van der Waals surface area contributed by atoms with Crippen LogP contribution in [0, 0.1) is 17.8 Å². The Kier molecular flexibility index (Phi) is 6.68. The second-order valence-corrected chi connectivity index (χ2v) is 8.76. The molecule has 2 aromatic rings. The van der Waals surface area contributed by atoms with E-state index in [9.17, 15) is 4.79 Å². The number of carbonyl (C=O) groups is 1. The third-order valence-electron chi connectivity index (χ3n) is 5.31. The van der Waals surface area contributed by atoms with E-state index >= 15 is 0 Å². The maximum atomic E-state index is 12.4. The van der Waals surface area contributed by atoms with E-state index in [1.54, 1.807) is 0 Å². The van der Waals surface area contributed by atoms with E-state index in [1.165, 1.54) is 18.2 Å². The Morgan fingerprint density at radius 2 is 2.19 bits per heavy atom. The molecule has 5 nitrogen and oxygen atoms in total. The minimum atomic E-state index is -0.153. The van der Waals surface area contributed by atoms with Gasteiger partial charge in [0.25, 0.3) is 0 Å². The molecule has 3 rings (SSSR count). The Bertz CT molecular complexity index is 774. The molecule has 148 valence electrons. The van der Waals surface area contributed by atoms with Gasteiger partial charge in [-0.3, -0.25) is 4.79 Å². The lowest BCUT2D eigenvalue weighted by molar-refractivity contribution is -0.152. The molecule has 0 saturated heterocycles. The second-order valence-electron chi connectivity index (χ2n) is 7.80. The topological polar surface area (TPSA) is 64.2 Å². The van der Waals surface area contributed by atoms with Gasteiger partial charge in [0.1, 0.15) is 11.9 Å². The van der Waals surface area contributed by atoms with Crippen LogP contribution in [0.2, 0.25) is 0 Å². The summed E-state index contributed by atoms with van der Waals surface area (Å²) in [4.78, 5) is 20.2. The molecule has 27 heavy (non-hydrogen) atoms. The van der Waals surface area contributed by atoms with Crippen LogP contribution in [0.4, 0.5) is 0 Å². The van der Waals surface area contributed by atoms with Gasteiger partial charge < -0.3 is 14.5 Å². The molecule has 0 spiro atoms. The fraction of sp³-hybridized carbons (Fsp3) is 0.619. The number of benzene rings is 1. The average Bonchev–Trinajstić information content (AvgIpc) is 3.02. The largest absolute Gasteiger partial charge is 0.494 e. The van der Waals surface area contributed by atoms with E-state index in [-0.39, 0.29) is 17.8 Å². The highest BCUT2D eigenvalue weighted by atomic mass is 32.2. The molecule has 6 heteroatoms. The van der Waals surface area contributed by atoms with Crippen LogP contribution in [-0.2, 0) is 9.53 Å². The van der Waals surface area contributed by atoms with Crippen LogP contribution < -0.4 is 4.74 Å². The van der Waals surface area contributed by atoms with Gasteiger partial charge in [0.2, 0.25) is 0 Å². The number of hydrogen-bond donors (Lipinski definition) is 1. The summed E-state index contributed by atoms with van der Waals surface area (Å²) >= 11 is 1.39. The van der Waals surface area contributed by atoms with Crippen molar-refractivity contribution < 1.29 is 14.3 Å². The highest BCUT2D eigenvalue weighted by Gasteiger charge is 2.33. The van der Waals surface area contributed by atoms with Gasteiger partial charge in [0, 0.05) is 6.07 Å². The summed E-state index contributed by atoms with van der Waals surface area (Å²) in [5.74, 6) is 2.57. The quantitative estimate of drug-likeness (QED) is 0.529. The molecule has 1 fully saturated rings. The predicted molar refractivity (Wildman–Crippen MR) is 109 cm³/mol. The van der Waals surface area contributed by atoms with Crippen molar-refractivity contribution in [3.05, 3.63) is 18.2 Å². The smallest absolute Gasteiger partial charge is 0.316 e. The van der Waals surface area contributed by atoms with Crippen molar-refractivity contribution in [2.75, 3.05) is 12.4 Å². The molecular weight excluding hydrogens is 360 g/mol. The number of nitrogens with one attached hydrogen (secondary N) is 1. The number of ether oxygens (including phenoxy) is 2. The molecular formula is C21H30N2O3S. The highest BCUT2D eigenvalue weighted by molar-refractivity contribution is 7.99. The first-order valence-electron chi connectivity index (χ1n) is 9.91. The van der Waals surface area contributed by atoms with Crippen LogP contribution in [0.1, 0.15) is 47.0 Å². The lowest BCUT2D eigenvalue weighted by Gasteiger charge is -2.36. The zero-order chi connectivity index (χ0) is 19.4. The van der Waals surface area contributed by atoms with Crippen molar-refractivity contribution in [2.45, 2.75) is 58.2 Å². The number of thioether (sulfide) groups is 1. The van der Waals surface area contributed by atoms with Gasteiger partial charge in [-0.05, 0) is 49.7 Å². The van der Waals surface area contributed by atoms with Gasteiger partial charge in [0.05, 0.1) is 23.4 Å². The van der Waals surface area contributed by atoms with E-state index in [0.717, 1.165) is 34.8 Å².